The molecular weight excluding hydrogens is 346 g/mol. The average molecular weight is 371 g/mol. The van der Waals surface area contributed by atoms with Gasteiger partial charge in [-0.1, -0.05) is 19.3 Å². The van der Waals surface area contributed by atoms with Gasteiger partial charge >= 0.3 is 0 Å². The molecule has 0 spiro atoms. The third-order valence-corrected chi connectivity index (χ3v) is 5.59. The zero-order valence-electron chi connectivity index (χ0n) is 14.4. The number of rotatable bonds is 8. The molecule has 1 fully saturated rings. The molecule has 3 N–H and O–H groups in total. The van der Waals surface area contributed by atoms with Crippen LogP contribution in [0.25, 0.3) is 0 Å². The Labute approximate surface area is 147 Å². The Morgan fingerprint density at radius 1 is 1.32 bits per heavy atom. The first-order valence-corrected chi connectivity index (χ1v) is 9.95. The van der Waals surface area contributed by atoms with Gasteiger partial charge in [0, 0.05) is 24.6 Å². The number of ether oxygens (including phenoxy) is 1. The van der Waals surface area contributed by atoms with E-state index < -0.39 is 14.9 Å². The van der Waals surface area contributed by atoms with E-state index in [1.807, 2.05) is 6.92 Å². The molecule has 0 unspecified atom stereocenters. The first-order valence-electron chi connectivity index (χ1n) is 8.40. The molecule has 1 saturated carbocycles. The van der Waals surface area contributed by atoms with Crippen molar-refractivity contribution in [1.29, 1.82) is 0 Å². The lowest BCUT2D eigenvalue weighted by atomic mass is 9.74. The van der Waals surface area contributed by atoms with E-state index in [1.54, 1.807) is 0 Å². The van der Waals surface area contributed by atoms with E-state index in [-0.39, 0.29) is 16.0 Å². The van der Waals surface area contributed by atoms with Gasteiger partial charge < -0.3 is 10.1 Å². The maximum absolute atomic E-state index is 11.4. The van der Waals surface area contributed by atoms with Crippen LogP contribution in [0.2, 0.25) is 0 Å². The van der Waals surface area contributed by atoms with Crippen LogP contribution >= 0.6 is 0 Å². The summed E-state index contributed by atoms with van der Waals surface area (Å²) in [7, 11) is -3.99. The van der Waals surface area contributed by atoms with Gasteiger partial charge in [0.1, 0.15) is 5.69 Å². The smallest absolute Gasteiger partial charge is 0.293 e. The van der Waals surface area contributed by atoms with Crippen molar-refractivity contribution in [3.63, 3.8) is 0 Å². The molecule has 1 aliphatic rings. The van der Waals surface area contributed by atoms with Gasteiger partial charge in [-0.25, -0.2) is 13.6 Å². The number of nitrogens with zero attached hydrogens (tertiary/aromatic N) is 1. The van der Waals surface area contributed by atoms with Gasteiger partial charge in [-0.3, -0.25) is 10.1 Å². The maximum Gasteiger partial charge on any atom is 0.293 e. The van der Waals surface area contributed by atoms with Gasteiger partial charge in [0.15, 0.2) is 0 Å². The summed E-state index contributed by atoms with van der Waals surface area (Å²) in [5.74, 6) is 0. The monoisotopic (exact) mass is 371 g/mol. The summed E-state index contributed by atoms with van der Waals surface area (Å²) in [5, 5.41) is 19.5. The van der Waals surface area contributed by atoms with Gasteiger partial charge in [-0.05, 0) is 31.9 Å². The van der Waals surface area contributed by atoms with E-state index >= 15 is 0 Å². The minimum absolute atomic E-state index is 0.0548. The largest absolute Gasteiger partial charge is 0.381 e. The van der Waals surface area contributed by atoms with Crippen LogP contribution in [-0.4, -0.2) is 33.1 Å². The molecule has 0 aromatic heterocycles. The summed E-state index contributed by atoms with van der Waals surface area (Å²) in [6.45, 7) is 3.73. The van der Waals surface area contributed by atoms with Crippen LogP contribution in [-0.2, 0) is 14.8 Å². The predicted molar refractivity (Wildman–Crippen MR) is 95.0 cm³/mol. The summed E-state index contributed by atoms with van der Waals surface area (Å²) < 4.78 is 28.5. The quantitative estimate of drug-likeness (QED) is 0.534. The second-order valence-corrected chi connectivity index (χ2v) is 8.09. The zero-order valence-corrected chi connectivity index (χ0v) is 15.2. The summed E-state index contributed by atoms with van der Waals surface area (Å²) in [4.78, 5) is 10.4. The van der Waals surface area contributed by atoms with Crippen LogP contribution in [0.15, 0.2) is 23.1 Å². The number of benzene rings is 1. The number of nitro groups is 1. The molecular formula is C16H25N3O5S. The van der Waals surface area contributed by atoms with Gasteiger partial charge in [0.2, 0.25) is 10.0 Å². The SMILES string of the molecule is CCOCC1(CNc2ccc(S(N)(=O)=O)cc2[N+](=O)[O-])CCCCC1. The number of hydrogen-bond acceptors (Lipinski definition) is 6. The Morgan fingerprint density at radius 3 is 2.56 bits per heavy atom. The maximum atomic E-state index is 11.4. The number of hydrogen-bond donors (Lipinski definition) is 2. The highest BCUT2D eigenvalue weighted by Gasteiger charge is 2.33. The number of nitrogens with two attached hydrogens (primary N) is 1. The number of nitrogens with one attached hydrogen (secondary N) is 1. The van der Waals surface area contributed by atoms with Crippen LogP contribution in [0, 0.1) is 15.5 Å². The van der Waals surface area contributed by atoms with Crippen molar-refractivity contribution in [2.24, 2.45) is 10.6 Å². The normalized spacial score (nSPS) is 17.2. The van der Waals surface area contributed by atoms with Gasteiger partial charge in [0.25, 0.3) is 5.69 Å². The van der Waals surface area contributed by atoms with Crippen LogP contribution in [0.5, 0.6) is 0 Å². The van der Waals surface area contributed by atoms with Crippen molar-refractivity contribution in [2.75, 3.05) is 25.1 Å². The fourth-order valence-corrected chi connectivity index (χ4v) is 3.80. The third kappa shape index (κ3) is 5.13. The van der Waals surface area contributed by atoms with Gasteiger partial charge in [-0.2, -0.15) is 0 Å². The fourth-order valence-electron chi connectivity index (χ4n) is 3.26. The minimum atomic E-state index is -3.99. The van der Waals surface area contributed by atoms with Crippen LogP contribution in [0.4, 0.5) is 11.4 Å². The average Bonchev–Trinajstić information content (AvgIpc) is 2.58. The topological polar surface area (TPSA) is 125 Å². The first kappa shape index (κ1) is 19.6. The highest BCUT2D eigenvalue weighted by Crippen LogP contribution is 2.38. The second-order valence-electron chi connectivity index (χ2n) is 6.53. The summed E-state index contributed by atoms with van der Waals surface area (Å²) >= 11 is 0. The zero-order chi connectivity index (χ0) is 18.5. The lowest BCUT2D eigenvalue weighted by Gasteiger charge is -2.37. The highest BCUT2D eigenvalue weighted by atomic mass is 32.2. The molecule has 140 valence electrons. The van der Waals surface area contributed by atoms with E-state index in [4.69, 9.17) is 9.88 Å². The molecule has 8 nitrogen and oxygen atoms in total. The molecule has 0 saturated heterocycles. The van der Waals surface area contributed by atoms with E-state index in [0.717, 1.165) is 31.7 Å². The molecule has 0 heterocycles. The van der Waals surface area contributed by atoms with E-state index in [9.17, 15) is 18.5 Å². The standard InChI is InChI=1S/C16H25N3O5S/c1-2-24-12-16(8-4-3-5-9-16)11-18-14-7-6-13(25(17,22)23)10-15(14)19(20)21/h6-7,10,18H,2-5,8-9,11-12H2,1H3,(H2,17,22,23). The Morgan fingerprint density at radius 2 is 2.00 bits per heavy atom. The molecule has 25 heavy (non-hydrogen) atoms. The Kier molecular flexibility index (Phi) is 6.36. The third-order valence-electron chi connectivity index (χ3n) is 4.67. The Hall–Kier alpha value is -1.71. The minimum Gasteiger partial charge on any atom is -0.381 e. The molecule has 1 aliphatic carbocycles. The number of sulfonamides is 1. The summed E-state index contributed by atoms with van der Waals surface area (Å²) in [6, 6.07) is 3.67. The van der Waals surface area contributed by atoms with E-state index in [0.29, 0.717) is 25.4 Å². The molecule has 0 atom stereocenters. The van der Waals surface area contributed by atoms with Crippen molar-refractivity contribution in [3.8, 4) is 0 Å². The Balaban J connectivity index is 2.21. The van der Waals surface area contributed by atoms with Crippen molar-refractivity contribution in [2.45, 2.75) is 43.9 Å². The number of anilines is 1. The molecule has 1 aromatic rings. The molecule has 0 aliphatic heterocycles. The van der Waals surface area contributed by atoms with Crippen molar-refractivity contribution < 1.29 is 18.1 Å². The molecule has 0 radical (unpaired) electrons. The van der Waals surface area contributed by atoms with Gasteiger partial charge in [0.05, 0.1) is 16.4 Å². The predicted octanol–water partition coefficient (Wildman–Crippen LogP) is 2.64. The second kappa shape index (κ2) is 8.11. The van der Waals surface area contributed by atoms with Crippen molar-refractivity contribution >= 4 is 21.4 Å². The lowest BCUT2D eigenvalue weighted by Crippen LogP contribution is -2.36. The van der Waals surface area contributed by atoms with Crippen molar-refractivity contribution in [3.05, 3.63) is 28.3 Å². The van der Waals surface area contributed by atoms with Gasteiger partial charge in [-0.15, -0.1) is 0 Å². The summed E-state index contributed by atoms with van der Waals surface area (Å²) in [5.41, 5.74) is -0.0615. The van der Waals surface area contributed by atoms with Crippen LogP contribution < -0.4 is 10.5 Å². The molecule has 2 rings (SSSR count). The number of primary sulfonamides is 1. The Bertz CT molecular complexity index is 714. The summed E-state index contributed by atoms with van der Waals surface area (Å²) in [6.07, 6.45) is 5.42. The van der Waals surface area contributed by atoms with Crippen molar-refractivity contribution in [1.82, 2.24) is 0 Å². The molecule has 9 heteroatoms. The molecule has 0 bridgehead atoms. The van der Waals surface area contributed by atoms with Crippen LogP contribution in [0.3, 0.4) is 0 Å². The van der Waals surface area contributed by atoms with Crippen LogP contribution in [0.1, 0.15) is 39.0 Å². The molecule has 1 aromatic carbocycles. The van der Waals surface area contributed by atoms with E-state index in [2.05, 4.69) is 5.32 Å². The molecule has 0 amide bonds. The lowest BCUT2D eigenvalue weighted by molar-refractivity contribution is -0.384. The fraction of sp³-hybridized carbons (Fsp3) is 0.625. The highest BCUT2D eigenvalue weighted by molar-refractivity contribution is 7.89. The number of nitro benzene ring substituents is 1. The van der Waals surface area contributed by atoms with E-state index in [1.165, 1.54) is 18.6 Å². The first-order chi connectivity index (χ1) is 11.8.